The topological polar surface area (TPSA) is 95.7 Å². The van der Waals surface area contributed by atoms with Crippen molar-refractivity contribution in [2.75, 3.05) is 14.2 Å². The Balaban J connectivity index is 3.70. The molecular formula is C10H7Cl2NO6. The third kappa shape index (κ3) is 2.77. The van der Waals surface area contributed by atoms with Gasteiger partial charge >= 0.3 is 17.6 Å². The van der Waals surface area contributed by atoms with E-state index in [0.29, 0.717) is 0 Å². The van der Waals surface area contributed by atoms with Gasteiger partial charge < -0.3 is 9.47 Å². The number of nitro groups is 1. The monoisotopic (exact) mass is 307 g/mol. The Morgan fingerprint density at radius 3 is 2.16 bits per heavy atom. The fourth-order valence-corrected chi connectivity index (χ4v) is 1.91. The fraction of sp³-hybridized carbons (Fsp3) is 0.200. The molecule has 0 amide bonds. The first-order chi connectivity index (χ1) is 8.84. The van der Waals surface area contributed by atoms with Crippen molar-refractivity contribution < 1.29 is 24.0 Å². The number of hydrogen-bond donors (Lipinski definition) is 0. The lowest BCUT2D eigenvalue weighted by Crippen LogP contribution is -2.11. The van der Waals surface area contributed by atoms with E-state index in [-0.39, 0.29) is 10.6 Å². The van der Waals surface area contributed by atoms with E-state index < -0.39 is 33.1 Å². The zero-order valence-corrected chi connectivity index (χ0v) is 11.2. The first kappa shape index (κ1) is 15.2. The third-order valence-corrected chi connectivity index (χ3v) is 2.85. The van der Waals surface area contributed by atoms with Gasteiger partial charge in [-0.25, -0.2) is 9.59 Å². The summed E-state index contributed by atoms with van der Waals surface area (Å²) >= 11 is 11.5. The van der Waals surface area contributed by atoms with E-state index in [2.05, 4.69) is 9.47 Å². The Morgan fingerprint density at radius 2 is 1.74 bits per heavy atom. The normalized spacial score (nSPS) is 9.89. The number of esters is 2. The molecule has 0 aliphatic heterocycles. The SMILES string of the molecule is COC(=O)c1cc(Cl)c(C(=O)OC)c([N+](=O)[O-])c1Cl. The summed E-state index contributed by atoms with van der Waals surface area (Å²) in [5.74, 6) is -1.94. The van der Waals surface area contributed by atoms with Gasteiger partial charge in [-0.3, -0.25) is 10.1 Å². The number of ether oxygens (including phenoxy) is 2. The lowest BCUT2D eigenvalue weighted by Gasteiger charge is -2.08. The van der Waals surface area contributed by atoms with Crippen LogP contribution in [0.3, 0.4) is 0 Å². The zero-order valence-electron chi connectivity index (χ0n) is 9.73. The molecule has 1 aromatic carbocycles. The van der Waals surface area contributed by atoms with Gasteiger partial charge in [-0.15, -0.1) is 0 Å². The highest BCUT2D eigenvalue weighted by Crippen LogP contribution is 2.37. The highest BCUT2D eigenvalue weighted by Gasteiger charge is 2.32. The van der Waals surface area contributed by atoms with Crippen LogP contribution in [0.5, 0.6) is 0 Å². The van der Waals surface area contributed by atoms with Crippen LogP contribution in [0.15, 0.2) is 6.07 Å². The molecule has 0 radical (unpaired) electrons. The molecule has 0 fully saturated rings. The van der Waals surface area contributed by atoms with Crippen LogP contribution in [0.2, 0.25) is 10.0 Å². The maximum absolute atomic E-state index is 11.5. The minimum absolute atomic E-state index is 0.312. The summed E-state index contributed by atoms with van der Waals surface area (Å²) in [4.78, 5) is 32.9. The van der Waals surface area contributed by atoms with Gasteiger partial charge in [0, 0.05) is 0 Å². The maximum atomic E-state index is 11.5. The van der Waals surface area contributed by atoms with E-state index in [1.54, 1.807) is 0 Å². The molecule has 102 valence electrons. The molecule has 0 heterocycles. The molecule has 9 heteroatoms. The van der Waals surface area contributed by atoms with Crippen molar-refractivity contribution in [2.45, 2.75) is 0 Å². The summed E-state index contributed by atoms with van der Waals surface area (Å²) in [7, 11) is 2.11. The molecule has 0 aromatic heterocycles. The van der Waals surface area contributed by atoms with Crippen LogP contribution in [0.4, 0.5) is 5.69 Å². The molecule has 0 saturated heterocycles. The number of rotatable bonds is 3. The molecule has 0 bridgehead atoms. The molecule has 7 nitrogen and oxygen atoms in total. The van der Waals surface area contributed by atoms with Crippen molar-refractivity contribution in [2.24, 2.45) is 0 Å². The van der Waals surface area contributed by atoms with Crippen LogP contribution in [0, 0.1) is 10.1 Å². The van der Waals surface area contributed by atoms with Crippen LogP contribution in [0.25, 0.3) is 0 Å². The summed E-state index contributed by atoms with van der Waals surface area (Å²) in [6.07, 6.45) is 0. The number of nitro benzene ring substituents is 1. The minimum Gasteiger partial charge on any atom is -0.465 e. The number of nitrogens with zero attached hydrogens (tertiary/aromatic N) is 1. The fourth-order valence-electron chi connectivity index (χ4n) is 1.34. The molecule has 0 N–H and O–H groups in total. The number of hydrogen-bond acceptors (Lipinski definition) is 6. The summed E-state index contributed by atoms with van der Waals surface area (Å²) < 4.78 is 8.80. The molecule has 0 aliphatic rings. The average molecular weight is 308 g/mol. The van der Waals surface area contributed by atoms with E-state index in [9.17, 15) is 19.7 Å². The number of methoxy groups -OCH3 is 2. The second kappa shape index (κ2) is 5.85. The minimum atomic E-state index is -1.03. The van der Waals surface area contributed by atoms with Crippen LogP contribution in [0.1, 0.15) is 20.7 Å². The Hall–Kier alpha value is -1.86. The van der Waals surface area contributed by atoms with Crippen LogP contribution in [-0.2, 0) is 9.47 Å². The zero-order chi connectivity index (χ0) is 14.7. The van der Waals surface area contributed by atoms with E-state index in [4.69, 9.17) is 23.2 Å². The quantitative estimate of drug-likeness (QED) is 0.483. The van der Waals surface area contributed by atoms with Gasteiger partial charge in [-0.1, -0.05) is 23.2 Å². The smallest absolute Gasteiger partial charge is 0.346 e. The molecule has 0 aliphatic carbocycles. The van der Waals surface area contributed by atoms with E-state index in [1.807, 2.05) is 0 Å². The van der Waals surface area contributed by atoms with Gasteiger partial charge in [0.1, 0.15) is 5.02 Å². The van der Waals surface area contributed by atoms with Crippen LogP contribution < -0.4 is 0 Å². The van der Waals surface area contributed by atoms with Crippen molar-refractivity contribution in [1.82, 2.24) is 0 Å². The predicted octanol–water partition coefficient (Wildman–Crippen LogP) is 2.47. The number of halogens is 2. The van der Waals surface area contributed by atoms with Gasteiger partial charge in [0.15, 0.2) is 5.56 Å². The second-order valence-electron chi connectivity index (χ2n) is 3.18. The van der Waals surface area contributed by atoms with Gasteiger partial charge in [-0.05, 0) is 6.07 Å². The summed E-state index contributed by atoms with van der Waals surface area (Å²) in [6, 6.07) is 1.01. The number of carbonyl (C=O) groups excluding carboxylic acids is 2. The maximum Gasteiger partial charge on any atom is 0.346 e. The predicted molar refractivity (Wildman–Crippen MR) is 65.8 cm³/mol. The lowest BCUT2D eigenvalue weighted by atomic mass is 10.1. The first-order valence-electron chi connectivity index (χ1n) is 4.68. The molecule has 1 rings (SSSR count). The Bertz CT molecular complexity index is 572. The largest absolute Gasteiger partial charge is 0.465 e. The first-order valence-corrected chi connectivity index (χ1v) is 5.43. The Kier molecular flexibility index (Phi) is 4.68. The summed E-state index contributed by atoms with van der Waals surface area (Å²) in [5, 5.41) is 10.1. The van der Waals surface area contributed by atoms with Crippen LogP contribution >= 0.6 is 23.2 Å². The van der Waals surface area contributed by atoms with Crippen molar-refractivity contribution >= 4 is 40.8 Å². The number of benzene rings is 1. The van der Waals surface area contributed by atoms with Gasteiger partial charge in [0.2, 0.25) is 0 Å². The van der Waals surface area contributed by atoms with Crippen molar-refractivity contribution in [3.8, 4) is 0 Å². The van der Waals surface area contributed by atoms with Crippen LogP contribution in [-0.4, -0.2) is 31.1 Å². The summed E-state index contributed by atoms with van der Waals surface area (Å²) in [5.41, 5.74) is -1.64. The lowest BCUT2D eigenvalue weighted by molar-refractivity contribution is -0.385. The molecule has 0 unspecified atom stereocenters. The van der Waals surface area contributed by atoms with Crippen molar-refractivity contribution in [1.29, 1.82) is 0 Å². The van der Waals surface area contributed by atoms with Gasteiger partial charge in [0.05, 0.1) is 29.7 Å². The average Bonchev–Trinajstić information content (AvgIpc) is 2.38. The van der Waals surface area contributed by atoms with Crippen molar-refractivity contribution in [3.63, 3.8) is 0 Å². The molecule has 0 atom stereocenters. The van der Waals surface area contributed by atoms with E-state index >= 15 is 0 Å². The standard InChI is InChI=1S/C10H7Cl2NO6/c1-18-9(14)4-3-5(11)6(10(15)19-2)8(7(4)12)13(16)17/h3H,1-2H3. The van der Waals surface area contributed by atoms with Gasteiger partial charge in [0.25, 0.3) is 0 Å². The molecule has 0 saturated carbocycles. The van der Waals surface area contributed by atoms with E-state index in [0.717, 1.165) is 20.3 Å². The number of carbonyl (C=O) groups is 2. The highest BCUT2D eigenvalue weighted by atomic mass is 35.5. The third-order valence-electron chi connectivity index (χ3n) is 2.17. The summed E-state index contributed by atoms with van der Waals surface area (Å²) in [6.45, 7) is 0. The second-order valence-corrected chi connectivity index (χ2v) is 3.97. The Morgan fingerprint density at radius 1 is 1.21 bits per heavy atom. The molecular weight excluding hydrogens is 301 g/mol. The molecule has 0 spiro atoms. The Labute approximate surface area is 117 Å². The van der Waals surface area contributed by atoms with Crippen molar-refractivity contribution in [3.05, 3.63) is 37.4 Å². The van der Waals surface area contributed by atoms with E-state index in [1.165, 1.54) is 0 Å². The molecule has 19 heavy (non-hydrogen) atoms. The highest BCUT2D eigenvalue weighted by molar-refractivity contribution is 6.40. The molecule has 1 aromatic rings. The van der Waals surface area contributed by atoms with Gasteiger partial charge in [-0.2, -0.15) is 0 Å².